The minimum atomic E-state index is -0.223. The molecule has 4 atom stereocenters. The van der Waals surface area contributed by atoms with Gasteiger partial charge in [0.15, 0.2) is 0 Å². The van der Waals surface area contributed by atoms with Gasteiger partial charge in [-0.1, -0.05) is 30.3 Å². The molecule has 1 aromatic carbocycles. The van der Waals surface area contributed by atoms with E-state index in [0.717, 1.165) is 5.56 Å². The third-order valence-corrected chi connectivity index (χ3v) is 3.77. The van der Waals surface area contributed by atoms with Gasteiger partial charge in [-0.05, 0) is 19.4 Å². The summed E-state index contributed by atoms with van der Waals surface area (Å²) >= 11 is 0. The van der Waals surface area contributed by atoms with Crippen LogP contribution in [-0.2, 0) is 4.74 Å². The van der Waals surface area contributed by atoms with Gasteiger partial charge in [0.1, 0.15) is 18.2 Å². The fourth-order valence-electron chi connectivity index (χ4n) is 2.22. The minimum Gasteiger partial charge on any atom is -0.632 e. The average Bonchev–Trinajstić information content (AvgIpc) is 2.28. The van der Waals surface area contributed by atoms with Crippen LogP contribution in [0.5, 0.6) is 0 Å². The number of hydroxylamine groups is 3. The van der Waals surface area contributed by atoms with Crippen LogP contribution in [0.25, 0.3) is 0 Å². The first-order valence-corrected chi connectivity index (χ1v) is 5.77. The molecule has 0 unspecified atom stereocenters. The van der Waals surface area contributed by atoms with Crippen molar-refractivity contribution in [1.82, 2.24) is 0 Å². The van der Waals surface area contributed by atoms with Gasteiger partial charge in [0, 0.05) is 0 Å². The van der Waals surface area contributed by atoms with E-state index in [2.05, 4.69) is 0 Å². The van der Waals surface area contributed by atoms with E-state index in [-0.39, 0.29) is 22.8 Å². The van der Waals surface area contributed by atoms with Crippen molar-refractivity contribution >= 4 is 0 Å². The van der Waals surface area contributed by atoms with Crippen LogP contribution < -0.4 is 0 Å². The van der Waals surface area contributed by atoms with Crippen molar-refractivity contribution in [3.63, 3.8) is 0 Å². The lowest BCUT2D eigenvalue weighted by atomic mass is 9.99. The molecule has 0 radical (unpaired) electrons. The predicted octanol–water partition coefficient (Wildman–Crippen LogP) is 2.48. The second-order valence-corrected chi connectivity index (χ2v) is 4.81. The van der Waals surface area contributed by atoms with E-state index in [1.54, 1.807) is 7.05 Å². The number of quaternary nitrogens is 1. The van der Waals surface area contributed by atoms with Crippen LogP contribution in [0.1, 0.15) is 25.5 Å². The molecule has 1 aliphatic heterocycles. The summed E-state index contributed by atoms with van der Waals surface area (Å²) in [5.41, 5.74) is 1.10. The summed E-state index contributed by atoms with van der Waals surface area (Å²) in [4.78, 5) is 0. The van der Waals surface area contributed by atoms with Gasteiger partial charge in [0.2, 0.25) is 0 Å². The Hall–Kier alpha value is -0.900. The predicted molar refractivity (Wildman–Crippen MR) is 63.6 cm³/mol. The van der Waals surface area contributed by atoms with Gasteiger partial charge in [-0.25, -0.2) is 0 Å². The lowest BCUT2D eigenvalue weighted by Gasteiger charge is -2.54. The normalized spacial score (nSPS) is 39.6. The number of hydrogen-bond donors (Lipinski definition) is 0. The Morgan fingerprint density at radius 2 is 1.88 bits per heavy atom. The number of benzene rings is 1. The van der Waals surface area contributed by atoms with Crippen molar-refractivity contribution in [2.24, 2.45) is 0 Å². The Kier molecular flexibility index (Phi) is 3.02. The summed E-state index contributed by atoms with van der Waals surface area (Å²) in [5, 5.41) is 12.4. The van der Waals surface area contributed by atoms with Crippen LogP contribution in [0.15, 0.2) is 30.3 Å². The van der Waals surface area contributed by atoms with E-state index in [0.29, 0.717) is 6.61 Å². The maximum Gasteiger partial charge on any atom is 0.134 e. The van der Waals surface area contributed by atoms with Crippen molar-refractivity contribution in [3.8, 4) is 0 Å². The SMILES string of the molecule is C[C@H]1CO[C@@H](c2ccccc2)[C@H](C)[N@@+]1(C)[O-]. The quantitative estimate of drug-likeness (QED) is 0.539. The fraction of sp³-hybridized carbons (Fsp3) is 0.538. The number of rotatable bonds is 1. The molecule has 2 rings (SSSR count). The molecule has 0 amide bonds. The molecule has 16 heavy (non-hydrogen) atoms. The summed E-state index contributed by atoms with van der Waals surface area (Å²) in [6.07, 6.45) is -0.0834. The Labute approximate surface area is 96.8 Å². The molecule has 88 valence electrons. The number of morpholine rings is 1. The van der Waals surface area contributed by atoms with Crippen LogP contribution >= 0.6 is 0 Å². The zero-order valence-electron chi connectivity index (χ0n) is 10.1. The van der Waals surface area contributed by atoms with Gasteiger partial charge in [-0.3, -0.25) is 0 Å². The number of nitrogens with zero attached hydrogens (tertiary/aromatic N) is 1. The fourth-order valence-corrected chi connectivity index (χ4v) is 2.22. The van der Waals surface area contributed by atoms with Crippen LogP contribution in [-0.4, -0.2) is 30.4 Å². The van der Waals surface area contributed by atoms with E-state index in [1.807, 2.05) is 44.2 Å². The standard InChI is InChI=1S/C13H19NO2/c1-10-9-16-13(11(2)14(10,3)15)12-7-5-4-6-8-12/h4-8,10-11,13H,9H2,1-3H3/t10-,11-,13+,14-/m0/s1. The Bertz CT molecular complexity index is 350. The molecule has 1 aromatic rings. The molecule has 3 heteroatoms. The second kappa shape index (κ2) is 4.17. The highest BCUT2D eigenvalue weighted by atomic mass is 16.6. The number of hydrogen-bond acceptors (Lipinski definition) is 2. The van der Waals surface area contributed by atoms with E-state index in [4.69, 9.17) is 4.74 Å². The molecule has 1 fully saturated rings. The molecule has 3 nitrogen and oxygen atoms in total. The maximum atomic E-state index is 12.4. The maximum absolute atomic E-state index is 12.4. The zero-order chi connectivity index (χ0) is 11.8. The summed E-state index contributed by atoms with van der Waals surface area (Å²) in [6, 6.07) is 9.94. The summed E-state index contributed by atoms with van der Waals surface area (Å²) in [7, 11) is 1.74. The Morgan fingerprint density at radius 3 is 2.50 bits per heavy atom. The molecule has 0 N–H and O–H groups in total. The molecule has 0 bridgehead atoms. The van der Waals surface area contributed by atoms with Crippen molar-refractivity contribution in [3.05, 3.63) is 41.1 Å². The summed E-state index contributed by atoms with van der Waals surface area (Å²) < 4.78 is 5.59. The Morgan fingerprint density at radius 1 is 1.25 bits per heavy atom. The monoisotopic (exact) mass is 221 g/mol. The van der Waals surface area contributed by atoms with E-state index in [9.17, 15) is 5.21 Å². The topological polar surface area (TPSA) is 32.3 Å². The van der Waals surface area contributed by atoms with Crippen molar-refractivity contribution in [2.75, 3.05) is 13.7 Å². The van der Waals surface area contributed by atoms with Crippen LogP contribution in [0.4, 0.5) is 0 Å². The van der Waals surface area contributed by atoms with Gasteiger partial charge in [0.25, 0.3) is 0 Å². The molecule has 1 saturated heterocycles. The van der Waals surface area contributed by atoms with Gasteiger partial charge in [0.05, 0.1) is 13.7 Å². The van der Waals surface area contributed by atoms with Gasteiger partial charge in [-0.2, -0.15) is 0 Å². The van der Waals surface area contributed by atoms with Crippen molar-refractivity contribution in [1.29, 1.82) is 0 Å². The molecule has 1 heterocycles. The Balaban J connectivity index is 2.25. The average molecular weight is 221 g/mol. The first-order chi connectivity index (χ1) is 7.53. The van der Waals surface area contributed by atoms with Gasteiger partial charge in [-0.15, -0.1) is 0 Å². The largest absolute Gasteiger partial charge is 0.632 e. The van der Waals surface area contributed by atoms with Crippen molar-refractivity contribution in [2.45, 2.75) is 32.0 Å². The van der Waals surface area contributed by atoms with Gasteiger partial charge < -0.3 is 14.6 Å². The lowest BCUT2D eigenvalue weighted by molar-refractivity contribution is -0.921. The smallest absolute Gasteiger partial charge is 0.134 e. The van der Waals surface area contributed by atoms with E-state index < -0.39 is 0 Å². The molecular formula is C13H19NO2. The molecule has 1 aliphatic rings. The number of likely N-dealkylation sites (N-methyl/N-ethyl adjacent to an activating group) is 1. The third kappa shape index (κ3) is 1.86. The third-order valence-electron chi connectivity index (χ3n) is 3.77. The van der Waals surface area contributed by atoms with Crippen LogP contribution in [0.3, 0.4) is 0 Å². The first-order valence-electron chi connectivity index (χ1n) is 5.77. The molecular weight excluding hydrogens is 202 g/mol. The summed E-state index contributed by atoms with van der Waals surface area (Å²) in [5.74, 6) is 0. The van der Waals surface area contributed by atoms with E-state index >= 15 is 0 Å². The van der Waals surface area contributed by atoms with Crippen LogP contribution in [0, 0.1) is 5.21 Å². The lowest BCUT2D eigenvalue weighted by Crippen LogP contribution is -2.59. The highest BCUT2D eigenvalue weighted by molar-refractivity contribution is 5.18. The molecule has 0 spiro atoms. The second-order valence-electron chi connectivity index (χ2n) is 4.81. The zero-order valence-corrected chi connectivity index (χ0v) is 10.1. The van der Waals surface area contributed by atoms with Crippen LogP contribution in [0.2, 0.25) is 0 Å². The number of ether oxygens (including phenoxy) is 1. The summed E-state index contributed by atoms with van der Waals surface area (Å²) in [6.45, 7) is 4.45. The van der Waals surface area contributed by atoms with E-state index in [1.165, 1.54) is 0 Å². The highest BCUT2D eigenvalue weighted by Crippen LogP contribution is 2.34. The van der Waals surface area contributed by atoms with Gasteiger partial charge >= 0.3 is 0 Å². The minimum absolute atomic E-state index is 0.00922. The molecule has 0 aliphatic carbocycles. The highest BCUT2D eigenvalue weighted by Gasteiger charge is 2.39. The van der Waals surface area contributed by atoms with Crippen molar-refractivity contribution < 1.29 is 9.38 Å². The first kappa shape index (κ1) is 11.6. The molecule has 0 saturated carbocycles. The molecule has 0 aromatic heterocycles.